The number of alkyl halides is 1. The van der Waals surface area contributed by atoms with Crippen molar-refractivity contribution in [2.75, 3.05) is 13.2 Å². The SMILES string of the molecule is C[C@H]1CC[C@@H](CF)CN1. The minimum Gasteiger partial charge on any atom is -0.314 e. The number of hydrogen-bond acceptors (Lipinski definition) is 1. The molecule has 1 aliphatic heterocycles. The van der Waals surface area contributed by atoms with Crippen LogP contribution < -0.4 is 5.32 Å². The lowest BCUT2D eigenvalue weighted by Crippen LogP contribution is -2.37. The fourth-order valence-corrected chi connectivity index (χ4v) is 1.19. The van der Waals surface area contributed by atoms with Gasteiger partial charge in [-0.1, -0.05) is 0 Å². The van der Waals surface area contributed by atoms with Crippen molar-refractivity contribution in [1.82, 2.24) is 5.32 Å². The van der Waals surface area contributed by atoms with Crippen LogP contribution in [0.15, 0.2) is 0 Å². The molecule has 0 radical (unpaired) electrons. The summed E-state index contributed by atoms with van der Waals surface area (Å²) in [4.78, 5) is 0. The van der Waals surface area contributed by atoms with Gasteiger partial charge in [-0.15, -0.1) is 0 Å². The molecule has 1 fully saturated rings. The predicted octanol–water partition coefficient (Wildman–Crippen LogP) is 1.34. The molecule has 1 nitrogen and oxygen atoms in total. The van der Waals surface area contributed by atoms with Gasteiger partial charge in [-0.25, -0.2) is 0 Å². The van der Waals surface area contributed by atoms with Gasteiger partial charge in [-0.05, 0) is 25.7 Å². The number of piperidine rings is 1. The minimum atomic E-state index is -0.153. The zero-order valence-corrected chi connectivity index (χ0v) is 5.86. The van der Waals surface area contributed by atoms with Gasteiger partial charge in [0.25, 0.3) is 0 Å². The van der Waals surface area contributed by atoms with Crippen LogP contribution in [0.25, 0.3) is 0 Å². The van der Waals surface area contributed by atoms with E-state index in [1.807, 2.05) is 0 Å². The van der Waals surface area contributed by atoms with Crippen LogP contribution in [0, 0.1) is 5.92 Å². The maximum Gasteiger partial charge on any atom is 0.0934 e. The maximum absolute atomic E-state index is 12.0. The summed E-state index contributed by atoms with van der Waals surface area (Å²) >= 11 is 0. The number of nitrogens with one attached hydrogen (secondary N) is 1. The van der Waals surface area contributed by atoms with E-state index < -0.39 is 0 Å². The lowest BCUT2D eigenvalue weighted by atomic mass is 9.97. The van der Waals surface area contributed by atoms with Crippen LogP contribution in [0.3, 0.4) is 0 Å². The second-order valence-electron chi connectivity index (χ2n) is 2.91. The molecule has 0 unspecified atom stereocenters. The van der Waals surface area contributed by atoms with Gasteiger partial charge in [-0.3, -0.25) is 4.39 Å². The highest BCUT2D eigenvalue weighted by atomic mass is 19.1. The highest BCUT2D eigenvalue weighted by molar-refractivity contribution is 4.73. The Bertz CT molecular complexity index is 77.0. The Morgan fingerprint density at radius 1 is 1.56 bits per heavy atom. The Morgan fingerprint density at radius 2 is 2.33 bits per heavy atom. The Morgan fingerprint density at radius 3 is 2.78 bits per heavy atom. The van der Waals surface area contributed by atoms with Crippen molar-refractivity contribution in [3.8, 4) is 0 Å². The molecule has 2 atom stereocenters. The fraction of sp³-hybridized carbons (Fsp3) is 1.00. The molecule has 0 saturated carbocycles. The first kappa shape index (κ1) is 7.00. The van der Waals surface area contributed by atoms with Crippen molar-refractivity contribution in [1.29, 1.82) is 0 Å². The van der Waals surface area contributed by atoms with E-state index in [1.165, 1.54) is 0 Å². The first-order chi connectivity index (χ1) is 4.33. The minimum absolute atomic E-state index is 0.153. The molecule has 2 heteroatoms. The second-order valence-corrected chi connectivity index (χ2v) is 2.91. The van der Waals surface area contributed by atoms with Crippen LogP contribution in [-0.4, -0.2) is 19.3 Å². The van der Waals surface area contributed by atoms with E-state index in [9.17, 15) is 4.39 Å². The molecule has 0 aromatic heterocycles. The summed E-state index contributed by atoms with van der Waals surface area (Å²) in [6, 6.07) is 0.604. The topological polar surface area (TPSA) is 12.0 Å². The van der Waals surface area contributed by atoms with Crippen molar-refractivity contribution < 1.29 is 4.39 Å². The molecule has 1 N–H and O–H groups in total. The fourth-order valence-electron chi connectivity index (χ4n) is 1.19. The molecule has 1 saturated heterocycles. The Kier molecular flexibility index (Phi) is 2.46. The van der Waals surface area contributed by atoms with E-state index in [-0.39, 0.29) is 6.67 Å². The summed E-state index contributed by atoms with van der Waals surface area (Å²) < 4.78 is 12.0. The van der Waals surface area contributed by atoms with Crippen molar-refractivity contribution >= 4 is 0 Å². The Hall–Kier alpha value is -0.110. The summed E-state index contributed by atoms with van der Waals surface area (Å²) in [5.74, 6) is 0.293. The summed E-state index contributed by atoms with van der Waals surface area (Å²) in [5.41, 5.74) is 0. The van der Waals surface area contributed by atoms with Gasteiger partial charge in [0.1, 0.15) is 0 Å². The molecule has 0 amide bonds. The predicted molar refractivity (Wildman–Crippen MR) is 36.2 cm³/mol. The first-order valence-corrected chi connectivity index (χ1v) is 3.62. The summed E-state index contributed by atoms with van der Waals surface area (Å²) in [7, 11) is 0. The molecule has 1 aliphatic rings. The summed E-state index contributed by atoms with van der Waals surface area (Å²) in [6.07, 6.45) is 2.19. The molecule has 0 aromatic rings. The normalized spacial score (nSPS) is 36.7. The molecule has 0 bridgehead atoms. The van der Waals surface area contributed by atoms with Gasteiger partial charge in [0.15, 0.2) is 0 Å². The van der Waals surface area contributed by atoms with Crippen molar-refractivity contribution in [2.24, 2.45) is 5.92 Å². The van der Waals surface area contributed by atoms with Gasteiger partial charge >= 0.3 is 0 Å². The number of rotatable bonds is 1. The third kappa shape index (κ3) is 1.94. The van der Waals surface area contributed by atoms with E-state index >= 15 is 0 Å². The Balaban J connectivity index is 2.18. The summed E-state index contributed by atoms with van der Waals surface area (Å²) in [5, 5.41) is 3.24. The molecule has 1 rings (SSSR count). The second kappa shape index (κ2) is 3.16. The van der Waals surface area contributed by atoms with Crippen LogP contribution in [0.5, 0.6) is 0 Å². The highest BCUT2D eigenvalue weighted by Gasteiger charge is 2.16. The van der Waals surface area contributed by atoms with Crippen LogP contribution in [0.4, 0.5) is 4.39 Å². The number of halogens is 1. The van der Waals surface area contributed by atoms with Crippen molar-refractivity contribution in [2.45, 2.75) is 25.8 Å². The largest absolute Gasteiger partial charge is 0.314 e. The van der Waals surface area contributed by atoms with Crippen LogP contribution in [-0.2, 0) is 0 Å². The van der Waals surface area contributed by atoms with Gasteiger partial charge in [-0.2, -0.15) is 0 Å². The van der Waals surface area contributed by atoms with Crippen molar-refractivity contribution in [3.05, 3.63) is 0 Å². The molecular formula is C7H14FN. The van der Waals surface area contributed by atoms with Crippen LogP contribution in [0.1, 0.15) is 19.8 Å². The van der Waals surface area contributed by atoms with E-state index in [0.29, 0.717) is 12.0 Å². The van der Waals surface area contributed by atoms with E-state index in [2.05, 4.69) is 12.2 Å². The maximum atomic E-state index is 12.0. The highest BCUT2D eigenvalue weighted by Crippen LogP contribution is 2.13. The lowest BCUT2D eigenvalue weighted by Gasteiger charge is -2.25. The number of hydrogen-bond donors (Lipinski definition) is 1. The van der Waals surface area contributed by atoms with E-state index in [1.54, 1.807) is 0 Å². The molecule has 0 aliphatic carbocycles. The molecule has 9 heavy (non-hydrogen) atoms. The molecule has 1 heterocycles. The average molecular weight is 131 g/mol. The van der Waals surface area contributed by atoms with Gasteiger partial charge in [0.2, 0.25) is 0 Å². The van der Waals surface area contributed by atoms with E-state index in [0.717, 1.165) is 19.4 Å². The van der Waals surface area contributed by atoms with Crippen molar-refractivity contribution in [3.63, 3.8) is 0 Å². The zero-order chi connectivity index (χ0) is 6.69. The molecule has 0 aromatic carbocycles. The van der Waals surface area contributed by atoms with Crippen LogP contribution >= 0.6 is 0 Å². The van der Waals surface area contributed by atoms with E-state index in [4.69, 9.17) is 0 Å². The first-order valence-electron chi connectivity index (χ1n) is 3.62. The van der Waals surface area contributed by atoms with Crippen LogP contribution in [0.2, 0.25) is 0 Å². The Labute approximate surface area is 55.6 Å². The quantitative estimate of drug-likeness (QED) is 0.566. The third-order valence-corrected chi connectivity index (χ3v) is 1.98. The standard InChI is InChI=1S/C7H14FN/c1-6-2-3-7(4-8)5-9-6/h6-7,9H,2-5H2,1H3/t6-,7-/m0/s1. The zero-order valence-electron chi connectivity index (χ0n) is 5.86. The molecule has 0 spiro atoms. The van der Waals surface area contributed by atoms with Gasteiger partial charge in [0, 0.05) is 12.6 Å². The van der Waals surface area contributed by atoms with Gasteiger partial charge < -0.3 is 5.32 Å². The molecular weight excluding hydrogens is 117 g/mol. The summed E-state index contributed by atoms with van der Waals surface area (Å²) in [6.45, 7) is 2.87. The monoisotopic (exact) mass is 131 g/mol. The average Bonchev–Trinajstić information content (AvgIpc) is 1.90. The van der Waals surface area contributed by atoms with Gasteiger partial charge in [0.05, 0.1) is 6.67 Å². The molecule has 54 valence electrons. The smallest absolute Gasteiger partial charge is 0.0934 e. The lowest BCUT2D eigenvalue weighted by molar-refractivity contribution is 0.266. The third-order valence-electron chi connectivity index (χ3n) is 1.98.